The van der Waals surface area contributed by atoms with Crippen molar-refractivity contribution in [3.63, 3.8) is 0 Å². The number of rotatable bonds is 2. The normalized spacial score (nSPS) is 27.7. The number of likely N-dealkylation sites (tertiary alicyclic amines) is 1. The summed E-state index contributed by atoms with van der Waals surface area (Å²) in [6, 6.07) is 1.27. The second-order valence-electron chi connectivity index (χ2n) is 7.65. The lowest BCUT2D eigenvalue weighted by Gasteiger charge is -2.39. The summed E-state index contributed by atoms with van der Waals surface area (Å²) in [7, 11) is 0. The van der Waals surface area contributed by atoms with E-state index in [2.05, 4.69) is 11.8 Å². The molecular formula is C19H38N2. The number of hydrogen-bond acceptors (Lipinski definition) is 2. The predicted molar refractivity (Wildman–Crippen MR) is 92.5 cm³/mol. The van der Waals surface area contributed by atoms with Crippen LogP contribution in [-0.4, -0.2) is 30.1 Å². The molecule has 2 heteroatoms. The van der Waals surface area contributed by atoms with Crippen LogP contribution in [0.4, 0.5) is 0 Å². The molecule has 1 heterocycles. The SMILES string of the molecule is CC(N)C1CCN(C2CCCCCCCCCCC2)CC1. The van der Waals surface area contributed by atoms with Crippen LogP contribution in [0.1, 0.15) is 90.4 Å². The Morgan fingerprint density at radius 1 is 0.714 bits per heavy atom. The maximum atomic E-state index is 6.09. The van der Waals surface area contributed by atoms with Gasteiger partial charge >= 0.3 is 0 Å². The molecule has 1 atom stereocenters. The molecule has 1 unspecified atom stereocenters. The first kappa shape index (κ1) is 17.3. The van der Waals surface area contributed by atoms with Gasteiger partial charge in [0.05, 0.1) is 0 Å². The average molecular weight is 295 g/mol. The molecule has 2 nitrogen and oxygen atoms in total. The molecule has 2 fully saturated rings. The number of piperidine rings is 1. The summed E-state index contributed by atoms with van der Waals surface area (Å²) in [6.07, 6.45) is 18.8. The molecule has 1 saturated carbocycles. The van der Waals surface area contributed by atoms with E-state index in [0.717, 1.165) is 12.0 Å². The Balaban J connectivity index is 1.77. The van der Waals surface area contributed by atoms with Gasteiger partial charge in [-0.15, -0.1) is 0 Å². The van der Waals surface area contributed by atoms with Gasteiger partial charge < -0.3 is 10.6 Å². The van der Waals surface area contributed by atoms with E-state index in [4.69, 9.17) is 5.73 Å². The van der Waals surface area contributed by atoms with Crippen LogP contribution in [-0.2, 0) is 0 Å². The second kappa shape index (κ2) is 9.84. The Morgan fingerprint density at radius 2 is 1.14 bits per heavy atom. The van der Waals surface area contributed by atoms with Crippen LogP contribution in [0.5, 0.6) is 0 Å². The average Bonchev–Trinajstić information content (AvgIpc) is 2.48. The van der Waals surface area contributed by atoms with E-state index in [1.54, 1.807) is 0 Å². The highest BCUT2D eigenvalue weighted by atomic mass is 15.2. The van der Waals surface area contributed by atoms with Crippen LogP contribution in [0.15, 0.2) is 0 Å². The minimum atomic E-state index is 0.392. The van der Waals surface area contributed by atoms with Gasteiger partial charge in [-0.3, -0.25) is 0 Å². The number of hydrogen-bond donors (Lipinski definition) is 1. The molecule has 2 aliphatic rings. The largest absolute Gasteiger partial charge is 0.328 e. The van der Waals surface area contributed by atoms with Crippen molar-refractivity contribution < 1.29 is 0 Å². The van der Waals surface area contributed by atoms with Crippen molar-refractivity contribution in [3.8, 4) is 0 Å². The summed E-state index contributed by atoms with van der Waals surface area (Å²) in [6.45, 7) is 4.80. The first-order valence-corrected chi connectivity index (χ1v) is 9.77. The minimum absolute atomic E-state index is 0.392. The summed E-state index contributed by atoms with van der Waals surface area (Å²) < 4.78 is 0. The van der Waals surface area contributed by atoms with Crippen molar-refractivity contribution in [2.45, 2.75) is 102 Å². The van der Waals surface area contributed by atoms with E-state index in [9.17, 15) is 0 Å². The molecule has 124 valence electrons. The van der Waals surface area contributed by atoms with Crippen LogP contribution >= 0.6 is 0 Å². The zero-order valence-corrected chi connectivity index (χ0v) is 14.4. The zero-order valence-electron chi connectivity index (χ0n) is 14.4. The molecule has 1 aliphatic carbocycles. The molecule has 0 amide bonds. The highest BCUT2D eigenvalue weighted by molar-refractivity contribution is 4.82. The van der Waals surface area contributed by atoms with E-state index in [0.29, 0.717) is 6.04 Å². The van der Waals surface area contributed by atoms with Crippen molar-refractivity contribution >= 4 is 0 Å². The molecule has 1 saturated heterocycles. The predicted octanol–water partition coefficient (Wildman–Crippen LogP) is 4.72. The third-order valence-electron chi connectivity index (χ3n) is 5.91. The Bertz CT molecular complexity index is 244. The summed E-state index contributed by atoms with van der Waals surface area (Å²) in [4.78, 5) is 2.81. The van der Waals surface area contributed by atoms with Crippen LogP contribution in [0.3, 0.4) is 0 Å². The molecule has 2 rings (SSSR count). The number of nitrogens with two attached hydrogens (primary N) is 1. The van der Waals surface area contributed by atoms with Gasteiger partial charge in [0, 0.05) is 12.1 Å². The topological polar surface area (TPSA) is 29.3 Å². The van der Waals surface area contributed by atoms with Gasteiger partial charge in [-0.2, -0.15) is 0 Å². The van der Waals surface area contributed by atoms with E-state index < -0.39 is 0 Å². The minimum Gasteiger partial charge on any atom is -0.328 e. The lowest BCUT2D eigenvalue weighted by Crippen LogP contribution is -2.44. The van der Waals surface area contributed by atoms with Gasteiger partial charge in [0.15, 0.2) is 0 Å². The fraction of sp³-hybridized carbons (Fsp3) is 1.00. The molecule has 21 heavy (non-hydrogen) atoms. The first-order valence-electron chi connectivity index (χ1n) is 9.77. The summed E-state index contributed by atoms with van der Waals surface area (Å²) in [5, 5.41) is 0. The van der Waals surface area contributed by atoms with E-state index >= 15 is 0 Å². The van der Waals surface area contributed by atoms with E-state index in [1.165, 1.54) is 96.6 Å². The highest BCUT2D eigenvalue weighted by Crippen LogP contribution is 2.26. The molecule has 0 spiro atoms. The molecule has 1 aliphatic heterocycles. The van der Waals surface area contributed by atoms with Gasteiger partial charge in [0.25, 0.3) is 0 Å². The van der Waals surface area contributed by atoms with Crippen LogP contribution in [0, 0.1) is 5.92 Å². The highest BCUT2D eigenvalue weighted by Gasteiger charge is 2.26. The van der Waals surface area contributed by atoms with Crippen LogP contribution in [0.25, 0.3) is 0 Å². The summed E-state index contributed by atoms with van der Waals surface area (Å²) in [5.41, 5.74) is 6.09. The van der Waals surface area contributed by atoms with Crippen LogP contribution in [0.2, 0.25) is 0 Å². The van der Waals surface area contributed by atoms with Crippen LogP contribution < -0.4 is 5.73 Å². The Morgan fingerprint density at radius 3 is 1.57 bits per heavy atom. The molecule has 0 aromatic carbocycles. The van der Waals surface area contributed by atoms with Gasteiger partial charge in [0.1, 0.15) is 0 Å². The number of nitrogens with zero attached hydrogens (tertiary/aromatic N) is 1. The van der Waals surface area contributed by atoms with Crippen molar-refractivity contribution in [2.24, 2.45) is 11.7 Å². The maximum absolute atomic E-state index is 6.09. The monoisotopic (exact) mass is 294 g/mol. The van der Waals surface area contributed by atoms with E-state index in [1.807, 2.05) is 0 Å². The Labute approximate surface area is 132 Å². The van der Waals surface area contributed by atoms with Gasteiger partial charge in [-0.25, -0.2) is 0 Å². The molecule has 2 N–H and O–H groups in total. The fourth-order valence-corrected chi connectivity index (χ4v) is 4.32. The molecular weight excluding hydrogens is 256 g/mol. The lowest BCUT2D eigenvalue weighted by molar-refractivity contribution is 0.109. The van der Waals surface area contributed by atoms with Crippen molar-refractivity contribution in [2.75, 3.05) is 13.1 Å². The summed E-state index contributed by atoms with van der Waals surface area (Å²) >= 11 is 0. The molecule has 0 radical (unpaired) electrons. The van der Waals surface area contributed by atoms with Crippen molar-refractivity contribution in [1.29, 1.82) is 0 Å². The van der Waals surface area contributed by atoms with Crippen molar-refractivity contribution in [3.05, 3.63) is 0 Å². The molecule has 0 aromatic rings. The van der Waals surface area contributed by atoms with E-state index in [-0.39, 0.29) is 0 Å². The standard InChI is InChI=1S/C19H38N2/c1-17(20)18-13-15-21(16-14-18)19-11-9-7-5-3-2-4-6-8-10-12-19/h17-19H,2-16,20H2,1H3. The summed E-state index contributed by atoms with van der Waals surface area (Å²) in [5.74, 6) is 0.771. The first-order chi connectivity index (χ1) is 10.3. The Hall–Kier alpha value is -0.0800. The van der Waals surface area contributed by atoms with Crippen molar-refractivity contribution in [1.82, 2.24) is 4.90 Å². The molecule has 0 aromatic heterocycles. The third-order valence-corrected chi connectivity index (χ3v) is 5.91. The molecule has 0 bridgehead atoms. The quantitative estimate of drug-likeness (QED) is 0.798. The van der Waals surface area contributed by atoms with Gasteiger partial charge in [-0.1, -0.05) is 57.8 Å². The maximum Gasteiger partial charge on any atom is 0.00952 e. The zero-order chi connectivity index (χ0) is 14.9. The van der Waals surface area contributed by atoms with Gasteiger partial charge in [0.2, 0.25) is 0 Å². The Kier molecular flexibility index (Phi) is 8.10. The third kappa shape index (κ3) is 6.28. The smallest absolute Gasteiger partial charge is 0.00952 e. The lowest BCUT2D eigenvalue weighted by atomic mass is 9.88. The van der Waals surface area contributed by atoms with Gasteiger partial charge in [-0.05, 0) is 51.6 Å². The second-order valence-corrected chi connectivity index (χ2v) is 7.65. The fourth-order valence-electron chi connectivity index (χ4n) is 4.32.